The minimum atomic E-state index is 0.184. The molecule has 0 saturated carbocycles. The molecule has 0 fully saturated rings. The lowest BCUT2D eigenvalue weighted by Gasteiger charge is -2.13. The van der Waals surface area contributed by atoms with Crippen LogP contribution in [0.2, 0.25) is 5.22 Å². The molecule has 0 aliphatic heterocycles. The molecule has 1 aromatic carbocycles. The average Bonchev–Trinajstić information content (AvgIpc) is 2.73. The molecule has 2 aromatic rings. The number of aryl methyl sites for hydroxylation is 1. The lowest BCUT2D eigenvalue weighted by atomic mass is 10.2. The summed E-state index contributed by atoms with van der Waals surface area (Å²) in [6.07, 6.45) is 0.184. The van der Waals surface area contributed by atoms with Gasteiger partial charge in [0.2, 0.25) is 0 Å². The van der Waals surface area contributed by atoms with Crippen LogP contribution in [0, 0.1) is 6.92 Å². The maximum atomic E-state index is 5.73. The highest BCUT2D eigenvalue weighted by Crippen LogP contribution is 2.23. The van der Waals surface area contributed by atoms with Crippen molar-refractivity contribution in [3.05, 3.63) is 46.9 Å². The second kappa shape index (κ2) is 6.02. The van der Waals surface area contributed by atoms with Crippen LogP contribution < -0.4 is 10.1 Å². The van der Waals surface area contributed by atoms with E-state index in [9.17, 15) is 0 Å². The van der Waals surface area contributed by atoms with Gasteiger partial charge in [-0.05, 0) is 68.3 Å². The van der Waals surface area contributed by atoms with Crippen molar-refractivity contribution in [3.63, 3.8) is 0 Å². The van der Waals surface area contributed by atoms with Gasteiger partial charge in [0, 0.05) is 5.69 Å². The first-order valence-electron chi connectivity index (χ1n) is 6.30. The number of nitrogens with one attached hydrogen (secondary N) is 1. The predicted octanol–water partition coefficient (Wildman–Crippen LogP) is 4.64. The maximum absolute atomic E-state index is 5.73. The standard InChI is InChI=1S/C15H18ClNO2/c1-10(2)18-12-4-6-14(11(3)8-12)17-9-13-5-7-15(16)19-13/h4-8,10,17H,9H2,1-3H3. The van der Waals surface area contributed by atoms with Crippen molar-refractivity contribution in [3.8, 4) is 5.75 Å². The van der Waals surface area contributed by atoms with Crippen LogP contribution in [0.5, 0.6) is 5.75 Å². The molecular weight excluding hydrogens is 262 g/mol. The molecule has 102 valence electrons. The highest BCUT2D eigenvalue weighted by atomic mass is 35.5. The van der Waals surface area contributed by atoms with E-state index in [4.69, 9.17) is 20.8 Å². The molecule has 0 amide bonds. The van der Waals surface area contributed by atoms with Gasteiger partial charge in [-0.1, -0.05) is 0 Å². The Balaban J connectivity index is 2.00. The van der Waals surface area contributed by atoms with E-state index in [-0.39, 0.29) is 6.10 Å². The summed E-state index contributed by atoms with van der Waals surface area (Å²) in [6, 6.07) is 9.60. The van der Waals surface area contributed by atoms with Gasteiger partial charge in [0.05, 0.1) is 12.6 Å². The number of ether oxygens (including phenoxy) is 1. The molecule has 19 heavy (non-hydrogen) atoms. The number of hydrogen-bond acceptors (Lipinski definition) is 3. The van der Waals surface area contributed by atoms with E-state index in [0.717, 1.165) is 22.8 Å². The quantitative estimate of drug-likeness (QED) is 0.866. The van der Waals surface area contributed by atoms with Crippen LogP contribution in [-0.2, 0) is 6.54 Å². The molecule has 3 nitrogen and oxygen atoms in total. The van der Waals surface area contributed by atoms with Crippen LogP contribution >= 0.6 is 11.6 Å². The van der Waals surface area contributed by atoms with Crippen molar-refractivity contribution >= 4 is 17.3 Å². The molecule has 4 heteroatoms. The minimum Gasteiger partial charge on any atom is -0.491 e. The number of hydrogen-bond donors (Lipinski definition) is 1. The smallest absolute Gasteiger partial charge is 0.193 e. The van der Waals surface area contributed by atoms with Crippen molar-refractivity contribution < 1.29 is 9.15 Å². The van der Waals surface area contributed by atoms with E-state index in [2.05, 4.69) is 5.32 Å². The molecular formula is C15H18ClNO2. The van der Waals surface area contributed by atoms with Gasteiger partial charge >= 0.3 is 0 Å². The van der Waals surface area contributed by atoms with Crippen molar-refractivity contribution in [2.75, 3.05) is 5.32 Å². The van der Waals surface area contributed by atoms with Gasteiger partial charge in [-0.3, -0.25) is 0 Å². The Morgan fingerprint density at radius 2 is 2.05 bits per heavy atom. The molecule has 0 saturated heterocycles. The third-order valence-electron chi connectivity index (χ3n) is 2.65. The van der Waals surface area contributed by atoms with Crippen LogP contribution in [0.1, 0.15) is 25.2 Å². The molecule has 0 radical (unpaired) electrons. The maximum Gasteiger partial charge on any atom is 0.193 e. The first-order chi connectivity index (χ1) is 9.04. The SMILES string of the molecule is Cc1cc(OC(C)C)ccc1NCc1ccc(Cl)o1. The lowest BCUT2D eigenvalue weighted by molar-refractivity contribution is 0.242. The minimum absolute atomic E-state index is 0.184. The molecule has 1 N–H and O–H groups in total. The van der Waals surface area contributed by atoms with Crippen LogP contribution in [-0.4, -0.2) is 6.10 Å². The largest absolute Gasteiger partial charge is 0.491 e. The van der Waals surface area contributed by atoms with E-state index >= 15 is 0 Å². The summed E-state index contributed by atoms with van der Waals surface area (Å²) in [7, 11) is 0. The van der Waals surface area contributed by atoms with Crippen molar-refractivity contribution in [1.82, 2.24) is 0 Å². The van der Waals surface area contributed by atoms with E-state index in [1.165, 1.54) is 0 Å². The molecule has 1 heterocycles. The van der Waals surface area contributed by atoms with E-state index < -0.39 is 0 Å². The number of halogens is 1. The highest BCUT2D eigenvalue weighted by molar-refractivity contribution is 6.28. The zero-order valence-electron chi connectivity index (χ0n) is 11.4. The van der Waals surface area contributed by atoms with Gasteiger partial charge in [0.15, 0.2) is 5.22 Å². The monoisotopic (exact) mass is 279 g/mol. The Kier molecular flexibility index (Phi) is 4.38. The molecule has 0 unspecified atom stereocenters. The molecule has 0 atom stereocenters. The third kappa shape index (κ3) is 3.93. The zero-order chi connectivity index (χ0) is 13.8. The fraction of sp³-hybridized carbons (Fsp3) is 0.333. The molecule has 0 aliphatic carbocycles. The van der Waals surface area contributed by atoms with Gasteiger partial charge in [-0.2, -0.15) is 0 Å². The fourth-order valence-corrected chi connectivity index (χ4v) is 1.97. The van der Waals surface area contributed by atoms with Crippen LogP contribution in [0.15, 0.2) is 34.7 Å². The first kappa shape index (κ1) is 13.8. The predicted molar refractivity (Wildman–Crippen MR) is 78.0 cm³/mol. The van der Waals surface area contributed by atoms with Gasteiger partial charge in [-0.15, -0.1) is 0 Å². The van der Waals surface area contributed by atoms with Crippen LogP contribution in [0.25, 0.3) is 0 Å². The molecule has 0 spiro atoms. The Hall–Kier alpha value is -1.61. The molecule has 2 rings (SSSR count). The summed E-state index contributed by atoms with van der Waals surface area (Å²) in [5.74, 6) is 1.70. The summed E-state index contributed by atoms with van der Waals surface area (Å²) in [4.78, 5) is 0. The van der Waals surface area contributed by atoms with Crippen molar-refractivity contribution in [2.45, 2.75) is 33.4 Å². The number of rotatable bonds is 5. The summed E-state index contributed by atoms with van der Waals surface area (Å²) in [5.41, 5.74) is 2.19. The lowest BCUT2D eigenvalue weighted by Crippen LogP contribution is -2.06. The number of benzene rings is 1. The average molecular weight is 280 g/mol. The van der Waals surface area contributed by atoms with E-state index in [1.54, 1.807) is 6.07 Å². The van der Waals surface area contributed by atoms with Gasteiger partial charge < -0.3 is 14.5 Å². The van der Waals surface area contributed by atoms with Crippen LogP contribution in [0.4, 0.5) is 5.69 Å². The van der Waals surface area contributed by atoms with E-state index in [1.807, 2.05) is 45.0 Å². The Labute approximate surface area is 118 Å². The number of anilines is 1. The van der Waals surface area contributed by atoms with Crippen molar-refractivity contribution in [2.24, 2.45) is 0 Å². The topological polar surface area (TPSA) is 34.4 Å². The number of furan rings is 1. The van der Waals surface area contributed by atoms with Gasteiger partial charge in [-0.25, -0.2) is 0 Å². The highest BCUT2D eigenvalue weighted by Gasteiger charge is 2.04. The molecule has 1 aromatic heterocycles. The second-order valence-corrected chi connectivity index (χ2v) is 5.08. The summed E-state index contributed by atoms with van der Waals surface area (Å²) >= 11 is 5.73. The Morgan fingerprint density at radius 3 is 2.63 bits per heavy atom. The Bertz CT molecular complexity index is 549. The Morgan fingerprint density at radius 1 is 1.26 bits per heavy atom. The fourth-order valence-electron chi connectivity index (χ4n) is 1.81. The normalized spacial score (nSPS) is 10.8. The second-order valence-electron chi connectivity index (χ2n) is 4.70. The summed E-state index contributed by atoms with van der Waals surface area (Å²) in [6.45, 7) is 6.69. The summed E-state index contributed by atoms with van der Waals surface area (Å²) in [5, 5.41) is 3.73. The summed E-state index contributed by atoms with van der Waals surface area (Å²) < 4.78 is 11.0. The van der Waals surface area contributed by atoms with Gasteiger partial charge in [0.25, 0.3) is 0 Å². The molecule has 0 bridgehead atoms. The van der Waals surface area contributed by atoms with E-state index in [0.29, 0.717) is 11.8 Å². The van der Waals surface area contributed by atoms with Gasteiger partial charge in [0.1, 0.15) is 11.5 Å². The molecule has 0 aliphatic rings. The zero-order valence-corrected chi connectivity index (χ0v) is 12.1. The van der Waals surface area contributed by atoms with Crippen molar-refractivity contribution in [1.29, 1.82) is 0 Å². The first-order valence-corrected chi connectivity index (χ1v) is 6.68. The van der Waals surface area contributed by atoms with Crippen LogP contribution in [0.3, 0.4) is 0 Å². The third-order valence-corrected chi connectivity index (χ3v) is 2.85.